The Morgan fingerprint density at radius 2 is 0.848 bits per heavy atom. The Bertz CT molecular complexity index is 387. The van der Waals surface area contributed by atoms with Gasteiger partial charge in [0.15, 0.2) is 0 Å². The predicted molar refractivity (Wildman–Crippen MR) is 156 cm³/mol. The van der Waals surface area contributed by atoms with Crippen LogP contribution in [0.15, 0.2) is 7.68 Å². The van der Waals surface area contributed by atoms with Gasteiger partial charge in [-0.3, -0.25) is 0 Å². The Kier molecular flexibility index (Phi) is 23.3. The average Bonchev–Trinajstić information content (AvgIpc) is 2.84. The van der Waals surface area contributed by atoms with Crippen LogP contribution in [0.4, 0.5) is 0 Å². The molecule has 0 N–H and O–H groups in total. The standard InChI is InChI=1S/C5H8O2.6C4H9.2Sn/c1-3-4-7-5-6-2;6*1-3-4-2;;/h3H,4-5H2,2H3;6*1,3-4H2,2H3;;. The zero-order valence-corrected chi connectivity index (χ0v) is 29.7. The van der Waals surface area contributed by atoms with Gasteiger partial charge < -0.3 is 0 Å². The predicted octanol–water partition coefficient (Wildman–Crippen LogP) is 10.3. The quantitative estimate of drug-likeness (QED) is 0.0574. The summed E-state index contributed by atoms with van der Waals surface area (Å²) in [6, 6.07) is 0. The summed E-state index contributed by atoms with van der Waals surface area (Å²) in [4.78, 5) is 0. The molecular weight excluding hydrogens is 618 g/mol. The molecular formula is C29H62O2Sn2. The summed E-state index contributed by atoms with van der Waals surface area (Å²) in [7, 11) is 1.76. The molecule has 0 rings (SSSR count). The Hall–Kier alpha value is 1.26. The van der Waals surface area contributed by atoms with Crippen molar-refractivity contribution in [2.75, 3.05) is 20.5 Å². The molecule has 0 amide bonds. The van der Waals surface area contributed by atoms with Gasteiger partial charge in [0.1, 0.15) is 0 Å². The van der Waals surface area contributed by atoms with E-state index in [2.05, 4.69) is 49.2 Å². The van der Waals surface area contributed by atoms with Crippen LogP contribution >= 0.6 is 0 Å². The second-order valence-corrected chi connectivity index (χ2v) is 40.9. The molecule has 0 unspecified atom stereocenters. The van der Waals surface area contributed by atoms with E-state index in [0.717, 1.165) is 6.61 Å². The summed E-state index contributed by atoms with van der Waals surface area (Å²) in [6.07, 6.45) is 19.8. The first-order valence-corrected chi connectivity index (χ1v) is 29.8. The maximum absolute atomic E-state index is 6.00. The van der Waals surface area contributed by atoms with E-state index in [1.54, 1.807) is 33.7 Å². The number of ether oxygens (including phenoxy) is 2. The summed E-state index contributed by atoms with van der Waals surface area (Å²) in [6.45, 7) is 15.8. The van der Waals surface area contributed by atoms with Gasteiger partial charge >= 0.3 is 220 Å². The molecule has 0 aromatic heterocycles. The summed E-state index contributed by atoms with van der Waals surface area (Å²) in [5, 5.41) is 0. The van der Waals surface area contributed by atoms with E-state index in [9.17, 15) is 0 Å². The molecule has 0 fully saturated rings. The third kappa shape index (κ3) is 13.4. The van der Waals surface area contributed by atoms with E-state index < -0.39 is 36.8 Å². The van der Waals surface area contributed by atoms with Gasteiger partial charge in [0.2, 0.25) is 0 Å². The molecule has 0 aliphatic heterocycles. The maximum atomic E-state index is 6.00. The molecule has 0 radical (unpaired) electrons. The van der Waals surface area contributed by atoms with Crippen LogP contribution in [-0.4, -0.2) is 57.3 Å². The molecule has 4 heteroatoms. The van der Waals surface area contributed by atoms with E-state index in [0.29, 0.717) is 6.79 Å². The van der Waals surface area contributed by atoms with Crippen LogP contribution in [0.2, 0.25) is 26.6 Å². The normalized spacial score (nSPS) is 12.3. The van der Waals surface area contributed by atoms with Gasteiger partial charge in [-0.15, -0.1) is 0 Å². The van der Waals surface area contributed by atoms with Crippen molar-refractivity contribution in [3.05, 3.63) is 7.68 Å². The topological polar surface area (TPSA) is 18.5 Å². The summed E-state index contributed by atoms with van der Waals surface area (Å²) < 4.78 is 23.2. The Morgan fingerprint density at radius 3 is 1.09 bits per heavy atom. The van der Waals surface area contributed by atoms with Crippen molar-refractivity contribution < 1.29 is 9.47 Å². The number of rotatable bonds is 24. The Labute approximate surface area is 218 Å². The number of unbranched alkanes of at least 4 members (excludes halogenated alkanes) is 6. The Morgan fingerprint density at radius 1 is 0.545 bits per heavy atom. The van der Waals surface area contributed by atoms with Crippen LogP contribution in [0.25, 0.3) is 0 Å². The molecule has 0 aromatic carbocycles. The number of hydrogen-bond acceptors (Lipinski definition) is 2. The summed E-state index contributed by atoms with van der Waals surface area (Å²) >= 11 is -4.98. The van der Waals surface area contributed by atoms with Crippen LogP contribution < -0.4 is 0 Å². The van der Waals surface area contributed by atoms with Crippen LogP contribution in [0.5, 0.6) is 0 Å². The number of methoxy groups -OCH3 is 1. The second kappa shape index (κ2) is 22.5. The van der Waals surface area contributed by atoms with Crippen LogP contribution in [0.3, 0.4) is 0 Å². The first-order valence-electron chi connectivity index (χ1n) is 14.8. The first kappa shape index (κ1) is 34.3. The van der Waals surface area contributed by atoms with Crippen LogP contribution in [0, 0.1) is 0 Å². The second-order valence-electron chi connectivity index (χ2n) is 10.6. The molecule has 0 atom stereocenters. The zero-order valence-electron chi connectivity index (χ0n) is 24.0. The van der Waals surface area contributed by atoms with Crippen molar-refractivity contribution in [2.24, 2.45) is 0 Å². The molecule has 0 aromatic rings. The van der Waals surface area contributed by atoms with E-state index in [1.165, 1.54) is 77.0 Å². The SMILES string of the molecule is CCC[CH2][Sn]([CH2]CCC)([CH2]CCC)[C](=CCOCOC)[Sn]([CH2]CCC)([CH2]CCC)[CH2]CCC. The third-order valence-corrected chi connectivity index (χ3v) is 58.2. The first-order chi connectivity index (χ1) is 16.1. The van der Waals surface area contributed by atoms with Gasteiger partial charge in [-0.1, -0.05) is 0 Å². The van der Waals surface area contributed by atoms with Crippen molar-refractivity contribution in [3.63, 3.8) is 0 Å². The fourth-order valence-corrected chi connectivity index (χ4v) is 74.5. The van der Waals surface area contributed by atoms with Crippen LogP contribution in [-0.2, 0) is 9.47 Å². The van der Waals surface area contributed by atoms with Gasteiger partial charge in [0, 0.05) is 0 Å². The van der Waals surface area contributed by atoms with Gasteiger partial charge in [-0.2, -0.15) is 0 Å². The summed E-state index contributed by atoms with van der Waals surface area (Å²) in [5.74, 6) is 0. The van der Waals surface area contributed by atoms with Crippen molar-refractivity contribution in [2.45, 2.75) is 145 Å². The Balaban J connectivity index is 6.70. The molecule has 0 aliphatic carbocycles. The molecule has 0 saturated heterocycles. The van der Waals surface area contributed by atoms with Gasteiger partial charge in [0.25, 0.3) is 0 Å². The molecule has 0 aliphatic rings. The molecule has 0 bridgehead atoms. The molecule has 0 spiro atoms. The van der Waals surface area contributed by atoms with Crippen molar-refractivity contribution in [3.8, 4) is 0 Å². The van der Waals surface area contributed by atoms with E-state index in [-0.39, 0.29) is 0 Å². The van der Waals surface area contributed by atoms with Gasteiger partial charge in [0.05, 0.1) is 0 Å². The van der Waals surface area contributed by atoms with Gasteiger partial charge in [-0.05, 0) is 0 Å². The van der Waals surface area contributed by atoms with Gasteiger partial charge in [-0.25, -0.2) is 0 Å². The summed E-state index contributed by atoms with van der Waals surface area (Å²) in [5.41, 5.74) is 0. The minimum absolute atomic E-state index is 0.437. The van der Waals surface area contributed by atoms with Crippen LogP contribution in [0.1, 0.15) is 119 Å². The number of hydrogen-bond donors (Lipinski definition) is 0. The van der Waals surface area contributed by atoms with Crippen molar-refractivity contribution in [1.82, 2.24) is 0 Å². The molecule has 0 saturated carbocycles. The molecule has 198 valence electrons. The molecule has 2 nitrogen and oxygen atoms in total. The third-order valence-electron chi connectivity index (χ3n) is 7.80. The van der Waals surface area contributed by atoms with E-state index in [1.807, 2.05) is 0 Å². The van der Waals surface area contributed by atoms with E-state index >= 15 is 0 Å². The van der Waals surface area contributed by atoms with Crippen molar-refractivity contribution >= 4 is 36.8 Å². The molecule has 33 heavy (non-hydrogen) atoms. The minimum atomic E-state index is -2.49. The van der Waals surface area contributed by atoms with E-state index in [4.69, 9.17) is 9.47 Å². The van der Waals surface area contributed by atoms with Crippen molar-refractivity contribution in [1.29, 1.82) is 0 Å². The fourth-order valence-electron chi connectivity index (χ4n) is 5.92. The monoisotopic (exact) mass is 682 g/mol. The average molecular weight is 680 g/mol. The zero-order chi connectivity index (χ0) is 24.8. The fraction of sp³-hybridized carbons (Fsp3) is 0.931. The molecule has 0 heterocycles.